The molecule has 0 aliphatic carbocycles. The fraction of sp³-hybridized carbons (Fsp3) is 0.350. The molecule has 2 aromatic rings. The fourth-order valence-corrected chi connectivity index (χ4v) is 3.94. The lowest BCUT2D eigenvalue weighted by Crippen LogP contribution is -3.11. The molecule has 2 N–H and O–H groups in total. The predicted octanol–water partition coefficient (Wildman–Crippen LogP) is 2.62. The highest BCUT2D eigenvalue weighted by atomic mass is 35.5. The van der Waals surface area contributed by atoms with Gasteiger partial charge in [-0.1, -0.05) is 11.6 Å². The van der Waals surface area contributed by atoms with Gasteiger partial charge in [-0.05, 0) is 30.3 Å². The molecule has 2 atom stereocenters. The highest BCUT2D eigenvalue weighted by molar-refractivity contribution is 6.31. The van der Waals surface area contributed by atoms with E-state index in [9.17, 15) is 14.9 Å². The van der Waals surface area contributed by atoms with Crippen molar-refractivity contribution in [3.05, 3.63) is 57.1 Å². The molecule has 2 aromatic carbocycles. The summed E-state index contributed by atoms with van der Waals surface area (Å²) >= 11 is 5.83. The van der Waals surface area contributed by atoms with Crippen molar-refractivity contribution in [1.82, 2.24) is 0 Å². The number of nitrogens with zero attached hydrogens (tertiary/aromatic N) is 1. The second kappa shape index (κ2) is 9.11. The number of hydrogen-bond donors (Lipinski definition) is 2. The summed E-state index contributed by atoms with van der Waals surface area (Å²) in [6.07, 6.45) is 1.88. The van der Waals surface area contributed by atoms with Crippen LogP contribution in [0.15, 0.2) is 36.4 Å². The third-order valence-electron chi connectivity index (χ3n) is 5.11. The monoisotopic (exact) mass is 420 g/mol. The van der Waals surface area contributed by atoms with Crippen LogP contribution in [0.1, 0.15) is 24.4 Å². The molecule has 1 fully saturated rings. The summed E-state index contributed by atoms with van der Waals surface area (Å²) in [4.78, 5) is 24.4. The van der Waals surface area contributed by atoms with Crippen molar-refractivity contribution in [2.24, 2.45) is 0 Å². The van der Waals surface area contributed by atoms with Crippen molar-refractivity contribution in [1.29, 1.82) is 0 Å². The van der Waals surface area contributed by atoms with Crippen LogP contribution in [0.2, 0.25) is 5.02 Å². The molecular weight excluding hydrogens is 398 g/mol. The number of nitrogens with one attached hydrogen (secondary N) is 2. The van der Waals surface area contributed by atoms with Crippen molar-refractivity contribution in [2.45, 2.75) is 18.9 Å². The Balaban J connectivity index is 1.77. The normalized spacial score (nSPS) is 18.3. The van der Waals surface area contributed by atoms with E-state index in [1.807, 2.05) is 18.2 Å². The zero-order valence-corrected chi connectivity index (χ0v) is 17.0. The summed E-state index contributed by atoms with van der Waals surface area (Å²) in [5.74, 6) is 1.19. The van der Waals surface area contributed by atoms with E-state index in [1.54, 1.807) is 14.2 Å². The number of benzene rings is 2. The number of ether oxygens (including phenoxy) is 2. The van der Waals surface area contributed by atoms with Gasteiger partial charge < -0.3 is 19.7 Å². The van der Waals surface area contributed by atoms with Gasteiger partial charge >= 0.3 is 0 Å². The summed E-state index contributed by atoms with van der Waals surface area (Å²) in [6, 6.07) is 9.90. The lowest BCUT2D eigenvalue weighted by Gasteiger charge is -2.23. The minimum atomic E-state index is -0.561. The van der Waals surface area contributed by atoms with Gasteiger partial charge in [-0.25, -0.2) is 0 Å². The van der Waals surface area contributed by atoms with Gasteiger partial charge in [-0.2, -0.15) is 0 Å². The molecule has 0 aromatic heterocycles. The molecule has 154 valence electrons. The molecule has 9 heteroatoms. The van der Waals surface area contributed by atoms with E-state index < -0.39 is 4.92 Å². The Morgan fingerprint density at radius 3 is 2.76 bits per heavy atom. The molecule has 0 saturated carbocycles. The van der Waals surface area contributed by atoms with Crippen LogP contribution < -0.4 is 19.7 Å². The van der Waals surface area contributed by atoms with Crippen molar-refractivity contribution in [2.75, 3.05) is 32.6 Å². The first-order valence-corrected chi connectivity index (χ1v) is 9.61. The topological polar surface area (TPSA) is 95.1 Å². The molecular formula is C20H23ClN3O5+. The maximum absolute atomic E-state index is 12.6. The predicted molar refractivity (Wildman–Crippen MR) is 109 cm³/mol. The molecule has 1 aliphatic rings. The maximum Gasteiger partial charge on any atom is 0.294 e. The van der Waals surface area contributed by atoms with Crippen LogP contribution in [0.25, 0.3) is 0 Å². The smallest absolute Gasteiger partial charge is 0.294 e. The first kappa shape index (κ1) is 20.9. The molecule has 0 spiro atoms. The molecule has 1 aliphatic heterocycles. The minimum absolute atomic E-state index is 0.0750. The van der Waals surface area contributed by atoms with Crippen LogP contribution in [0.5, 0.6) is 11.5 Å². The van der Waals surface area contributed by atoms with E-state index in [1.165, 1.54) is 18.2 Å². The lowest BCUT2D eigenvalue weighted by molar-refractivity contribution is -0.910. The van der Waals surface area contributed by atoms with Gasteiger partial charge in [0.1, 0.15) is 23.2 Å². The number of anilines is 1. The van der Waals surface area contributed by atoms with Crippen molar-refractivity contribution >= 4 is 28.9 Å². The molecule has 3 rings (SSSR count). The van der Waals surface area contributed by atoms with E-state index in [4.69, 9.17) is 21.1 Å². The molecule has 1 amide bonds. The number of amides is 1. The van der Waals surface area contributed by atoms with Gasteiger partial charge in [0.05, 0.1) is 31.3 Å². The zero-order valence-electron chi connectivity index (χ0n) is 16.2. The lowest BCUT2D eigenvalue weighted by atomic mass is 10.0. The molecule has 29 heavy (non-hydrogen) atoms. The van der Waals surface area contributed by atoms with Crippen molar-refractivity contribution in [3.63, 3.8) is 0 Å². The first-order chi connectivity index (χ1) is 13.9. The molecule has 1 unspecified atom stereocenters. The highest BCUT2D eigenvalue weighted by Gasteiger charge is 2.34. The van der Waals surface area contributed by atoms with E-state index in [2.05, 4.69) is 5.32 Å². The quantitative estimate of drug-likeness (QED) is 0.530. The Hall–Kier alpha value is -2.84. The summed E-state index contributed by atoms with van der Waals surface area (Å²) in [7, 11) is 3.23. The highest BCUT2D eigenvalue weighted by Crippen LogP contribution is 2.32. The summed E-state index contributed by atoms with van der Waals surface area (Å²) in [6.45, 7) is 1.01. The SMILES string of the molecule is COc1ccc(OC)c([C@H]2CCC[NH+]2CC(=O)Nc2ccc(Cl)cc2[N+](=O)[O-])c1. The average Bonchev–Trinajstić information content (AvgIpc) is 3.16. The van der Waals surface area contributed by atoms with Gasteiger partial charge in [-0.15, -0.1) is 0 Å². The summed E-state index contributed by atoms with van der Waals surface area (Å²) in [5, 5.41) is 14.1. The number of nitro groups is 1. The molecule has 1 heterocycles. The Labute approximate surface area is 173 Å². The average molecular weight is 421 g/mol. The molecule has 0 radical (unpaired) electrons. The minimum Gasteiger partial charge on any atom is -0.497 e. The number of halogens is 1. The van der Waals surface area contributed by atoms with Crippen molar-refractivity contribution in [3.8, 4) is 11.5 Å². The molecule has 1 saturated heterocycles. The Kier molecular flexibility index (Phi) is 6.56. The van der Waals surface area contributed by atoms with Crippen LogP contribution in [0, 0.1) is 10.1 Å². The molecule has 0 bridgehead atoms. The largest absolute Gasteiger partial charge is 0.497 e. The molecule has 8 nitrogen and oxygen atoms in total. The van der Waals surface area contributed by atoms with Gasteiger partial charge in [-0.3, -0.25) is 14.9 Å². The van der Waals surface area contributed by atoms with E-state index >= 15 is 0 Å². The summed E-state index contributed by atoms with van der Waals surface area (Å²) < 4.78 is 10.8. The van der Waals surface area contributed by atoms with Gasteiger partial charge in [0, 0.05) is 23.9 Å². The van der Waals surface area contributed by atoms with Gasteiger partial charge in [0.15, 0.2) is 6.54 Å². The number of carbonyl (C=O) groups excluding carboxylic acids is 1. The standard InChI is InChI=1S/C20H22ClN3O5/c1-28-14-6-8-19(29-2)15(11-14)17-4-3-9-23(17)12-20(25)22-16-7-5-13(21)10-18(16)24(26)27/h5-8,10-11,17H,3-4,9,12H2,1-2H3,(H,22,25)/p+1/t17-/m1/s1. The third kappa shape index (κ3) is 4.78. The fourth-order valence-electron chi connectivity index (χ4n) is 3.77. The second-order valence-electron chi connectivity index (χ2n) is 6.85. The number of hydrogen-bond acceptors (Lipinski definition) is 5. The second-order valence-corrected chi connectivity index (χ2v) is 7.29. The number of likely N-dealkylation sites (tertiary alicyclic amines) is 1. The third-order valence-corrected chi connectivity index (χ3v) is 5.35. The van der Waals surface area contributed by atoms with Crippen LogP contribution in [0.3, 0.4) is 0 Å². The van der Waals surface area contributed by atoms with Gasteiger partial charge in [0.2, 0.25) is 0 Å². The van der Waals surface area contributed by atoms with Crippen LogP contribution >= 0.6 is 11.6 Å². The van der Waals surface area contributed by atoms with E-state index in [0.717, 1.165) is 41.3 Å². The first-order valence-electron chi connectivity index (χ1n) is 9.23. The Bertz CT molecular complexity index is 921. The number of methoxy groups -OCH3 is 2. The summed E-state index contributed by atoms with van der Waals surface area (Å²) in [5.41, 5.74) is 0.899. The van der Waals surface area contributed by atoms with Crippen molar-refractivity contribution < 1.29 is 24.1 Å². The van der Waals surface area contributed by atoms with Crippen LogP contribution in [-0.2, 0) is 4.79 Å². The number of carbonyl (C=O) groups is 1. The van der Waals surface area contributed by atoms with Gasteiger partial charge in [0.25, 0.3) is 11.6 Å². The zero-order chi connectivity index (χ0) is 21.0. The number of quaternary nitrogens is 1. The maximum atomic E-state index is 12.6. The van der Waals surface area contributed by atoms with E-state index in [-0.39, 0.29) is 34.9 Å². The van der Waals surface area contributed by atoms with Crippen LogP contribution in [0.4, 0.5) is 11.4 Å². The van der Waals surface area contributed by atoms with Crippen LogP contribution in [-0.4, -0.2) is 38.1 Å². The number of rotatable bonds is 7. The van der Waals surface area contributed by atoms with E-state index in [0.29, 0.717) is 0 Å². The Morgan fingerprint density at radius 1 is 1.28 bits per heavy atom. The number of nitro benzene ring substituents is 1. The Morgan fingerprint density at radius 2 is 2.07 bits per heavy atom.